The summed E-state index contributed by atoms with van der Waals surface area (Å²) in [5, 5.41) is 0. The van der Waals surface area contributed by atoms with Crippen molar-refractivity contribution in [2.45, 2.75) is 25.7 Å². The molecule has 1 aliphatic carbocycles. The van der Waals surface area contributed by atoms with Gasteiger partial charge in [-0.2, -0.15) is 0 Å². The van der Waals surface area contributed by atoms with Crippen LogP contribution in [0.3, 0.4) is 0 Å². The maximum atomic E-state index is 2.36. The first-order valence-corrected chi connectivity index (χ1v) is 4.85. The van der Waals surface area contributed by atoms with E-state index in [4.69, 9.17) is 0 Å². The van der Waals surface area contributed by atoms with E-state index in [1.165, 1.54) is 11.3 Å². The summed E-state index contributed by atoms with van der Waals surface area (Å²) in [6.07, 6.45) is 1.16. The zero-order chi connectivity index (χ0) is 9.22. The zero-order valence-corrected chi connectivity index (χ0v) is 8.39. The Hall–Kier alpha value is -1.11. The summed E-state index contributed by atoms with van der Waals surface area (Å²) in [4.78, 5) is 0. The van der Waals surface area contributed by atoms with Crippen LogP contribution in [0.5, 0.6) is 0 Å². The van der Waals surface area contributed by atoms with E-state index >= 15 is 0 Å². The van der Waals surface area contributed by atoms with Crippen LogP contribution in [0.25, 0.3) is 0 Å². The van der Waals surface area contributed by atoms with Crippen molar-refractivity contribution in [1.29, 1.82) is 0 Å². The van der Waals surface area contributed by atoms with Gasteiger partial charge in [0.15, 0.2) is 5.71 Å². The minimum Gasteiger partial charge on any atom is -0.201 e. The normalized spacial score (nSPS) is 21.5. The highest BCUT2D eigenvalue weighted by atomic mass is 15.0. The Balaban J connectivity index is 2.47. The van der Waals surface area contributed by atoms with Crippen LogP contribution >= 0.6 is 0 Å². The molecule has 0 spiro atoms. The van der Waals surface area contributed by atoms with Crippen LogP contribution < -0.4 is 0 Å². The molecule has 2 bridgehead atoms. The van der Waals surface area contributed by atoms with Crippen molar-refractivity contribution in [1.82, 2.24) is 0 Å². The lowest BCUT2D eigenvalue weighted by atomic mass is 9.87. The molecule has 3 rings (SSSR count). The highest BCUT2D eigenvalue weighted by molar-refractivity contribution is 6.01. The Morgan fingerprint density at radius 2 is 2.08 bits per heavy atom. The first kappa shape index (κ1) is 7.31. The lowest BCUT2D eigenvalue weighted by Crippen LogP contribution is -2.24. The van der Waals surface area contributed by atoms with E-state index in [-0.39, 0.29) is 0 Å². The SMILES string of the molecule is C[N+]1=C2Cc3cccc1c3C2(C)C. The fourth-order valence-electron chi connectivity index (χ4n) is 2.96. The van der Waals surface area contributed by atoms with Gasteiger partial charge >= 0.3 is 0 Å². The van der Waals surface area contributed by atoms with Gasteiger partial charge in [0.1, 0.15) is 7.05 Å². The number of nitrogens with zero attached hydrogens (tertiary/aromatic N) is 1. The van der Waals surface area contributed by atoms with Gasteiger partial charge in [0.25, 0.3) is 0 Å². The van der Waals surface area contributed by atoms with Gasteiger partial charge in [-0.25, -0.2) is 4.58 Å². The largest absolute Gasteiger partial charge is 0.209 e. The molecule has 0 amide bonds. The fourth-order valence-corrected chi connectivity index (χ4v) is 2.96. The zero-order valence-electron chi connectivity index (χ0n) is 8.39. The second-order valence-electron chi connectivity index (χ2n) is 4.62. The van der Waals surface area contributed by atoms with Crippen LogP contribution in [0.15, 0.2) is 18.2 Å². The highest BCUT2D eigenvalue weighted by Crippen LogP contribution is 2.46. The van der Waals surface area contributed by atoms with Crippen LogP contribution in [0.2, 0.25) is 0 Å². The smallest absolute Gasteiger partial charge is 0.201 e. The average molecular weight is 172 g/mol. The molecule has 0 saturated heterocycles. The monoisotopic (exact) mass is 172 g/mol. The summed E-state index contributed by atoms with van der Waals surface area (Å²) in [5.41, 5.74) is 6.38. The molecule has 0 aromatic heterocycles. The van der Waals surface area contributed by atoms with Crippen molar-refractivity contribution in [3.8, 4) is 0 Å². The quantitative estimate of drug-likeness (QED) is 0.528. The number of fused-ring (bicyclic) bond motifs is 1. The summed E-state index contributed by atoms with van der Waals surface area (Å²) in [7, 11) is 2.19. The summed E-state index contributed by atoms with van der Waals surface area (Å²) < 4.78 is 2.36. The van der Waals surface area contributed by atoms with Crippen LogP contribution in [-0.4, -0.2) is 17.3 Å². The predicted molar refractivity (Wildman–Crippen MR) is 54.0 cm³/mol. The third-order valence-electron chi connectivity index (χ3n) is 3.60. The molecule has 1 aliphatic heterocycles. The van der Waals surface area contributed by atoms with Gasteiger partial charge in [0, 0.05) is 11.6 Å². The summed E-state index contributed by atoms with van der Waals surface area (Å²) in [5.74, 6) is 0. The lowest BCUT2D eigenvalue weighted by molar-refractivity contribution is -0.404. The molecule has 0 saturated carbocycles. The molecule has 0 unspecified atom stereocenters. The predicted octanol–water partition coefficient (Wildman–Crippen LogP) is 2.25. The number of hydrogen-bond donors (Lipinski definition) is 0. The van der Waals surface area contributed by atoms with Crippen molar-refractivity contribution in [3.63, 3.8) is 0 Å². The molecule has 1 heterocycles. The molecule has 13 heavy (non-hydrogen) atoms. The standard InChI is InChI=1S/C12H14N/c1-12(2)10-7-8-5-4-6-9(11(8)12)13(10)3/h4-6H,7H2,1-3H3/q+1. The second kappa shape index (κ2) is 1.87. The maximum Gasteiger partial charge on any atom is 0.209 e. The Morgan fingerprint density at radius 3 is 2.69 bits per heavy atom. The summed E-state index contributed by atoms with van der Waals surface area (Å²) >= 11 is 0. The molecule has 66 valence electrons. The van der Waals surface area contributed by atoms with Gasteiger partial charge in [-0.05, 0) is 19.4 Å². The molecule has 2 aliphatic rings. The van der Waals surface area contributed by atoms with Crippen LogP contribution in [0.1, 0.15) is 25.0 Å². The molecule has 0 fully saturated rings. The van der Waals surface area contributed by atoms with E-state index in [1.54, 1.807) is 11.3 Å². The van der Waals surface area contributed by atoms with Crippen molar-refractivity contribution >= 4 is 11.4 Å². The lowest BCUT2D eigenvalue weighted by Gasteiger charge is -2.09. The van der Waals surface area contributed by atoms with E-state index < -0.39 is 0 Å². The fraction of sp³-hybridized carbons (Fsp3) is 0.417. The van der Waals surface area contributed by atoms with E-state index in [0.29, 0.717) is 5.41 Å². The number of benzene rings is 1. The Kier molecular flexibility index (Phi) is 1.05. The maximum absolute atomic E-state index is 2.36. The highest BCUT2D eigenvalue weighted by Gasteiger charge is 2.50. The van der Waals surface area contributed by atoms with Crippen LogP contribution in [0, 0.1) is 0 Å². The molecule has 0 atom stereocenters. The molecular formula is C12H14N+. The van der Waals surface area contributed by atoms with Gasteiger partial charge in [0.2, 0.25) is 5.69 Å². The first-order valence-electron chi connectivity index (χ1n) is 4.85. The topological polar surface area (TPSA) is 3.01 Å². The van der Waals surface area contributed by atoms with Crippen LogP contribution in [-0.2, 0) is 11.8 Å². The molecule has 0 N–H and O–H groups in total. The number of hydrogen-bond acceptors (Lipinski definition) is 0. The molecule has 1 aromatic rings. The third kappa shape index (κ3) is 0.632. The van der Waals surface area contributed by atoms with E-state index in [9.17, 15) is 0 Å². The van der Waals surface area contributed by atoms with E-state index in [0.717, 1.165) is 6.42 Å². The first-order chi connectivity index (χ1) is 6.12. The van der Waals surface area contributed by atoms with Crippen molar-refractivity contribution < 1.29 is 4.58 Å². The third-order valence-corrected chi connectivity index (χ3v) is 3.60. The van der Waals surface area contributed by atoms with Gasteiger partial charge in [-0.3, -0.25) is 0 Å². The number of rotatable bonds is 0. The average Bonchev–Trinajstić information content (AvgIpc) is 2.45. The molecular weight excluding hydrogens is 158 g/mol. The Bertz CT molecular complexity index is 438. The van der Waals surface area contributed by atoms with Gasteiger partial charge in [0.05, 0.1) is 11.8 Å². The Morgan fingerprint density at radius 1 is 1.31 bits per heavy atom. The van der Waals surface area contributed by atoms with Gasteiger partial charge in [-0.15, -0.1) is 0 Å². The van der Waals surface area contributed by atoms with Crippen LogP contribution in [0.4, 0.5) is 5.69 Å². The van der Waals surface area contributed by atoms with Crippen molar-refractivity contribution in [2.24, 2.45) is 0 Å². The molecule has 1 heteroatoms. The van der Waals surface area contributed by atoms with Gasteiger partial charge in [-0.1, -0.05) is 12.1 Å². The molecule has 0 radical (unpaired) electrons. The van der Waals surface area contributed by atoms with Gasteiger partial charge < -0.3 is 0 Å². The minimum absolute atomic E-state index is 0.292. The Labute approximate surface area is 78.7 Å². The molecule has 1 nitrogen and oxygen atoms in total. The summed E-state index contributed by atoms with van der Waals surface area (Å²) in [6.45, 7) is 4.67. The summed E-state index contributed by atoms with van der Waals surface area (Å²) in [6, 6.07) is 6.66. The second-order valence-corrected chi connectivity index (χ2v) is 4.62. The van der Waals surface area contributed by atoms with E-state index in [2.05, 4.69) is 43.7 Å². The molecule has 1 aromatic carbocycles. The minimum atomic E-state index is 0.292. The van der Waals surface area contributed by atoms with Crippen molar-refractivity contribution in [2.75, 3.05) is 7.05 Å². The van der Waals surface area contributed by atoms with Crippen molar-refractivity contribution in [3.05, 3.63) is 29.3 Å². The van der Waals surface area contributed by atoms with E-state index in [1.807, 2.05) is 0 Å².